The molecule has 2 amide bonds. The van der Waals surface area contributed by atoms with Crippen LogP contribution in [0.25, 0.3) is 0 Å². The van der Waals surface area contributed by atoms with Gasteiger partial charge < -0.3 is 15.0 Å². The van der Waals surface area contributed by atoms with Gasteiger partial charge in [0.25, 0.3) is 0 Å². The Hall–Kier alpha value is -2.90. The normalized spacial score (nSPS) is 15.2. The van der Waals surface area contributed by atoms with Crippen LogP contribution in [0.3, 0.4) is 0 Å². The molecule has 1 aromatic carbocycles. The van der Waals surface area contributed by atoms with Crippen LogP contribution in [0.1, 0.15) is 44.7 Å². The molecule has 1 saturated heterocycles. The molecule has 0 spiro atoms. The van der Waals surface area contributed by atoms with E-state index in [2.05, 4.69) is 15.4 Å². The van der Waals surface area contributed by atoms with Gasteiger partial charge in [0, 0.05) is 25.6 Å². The standard InChI is InChI=1S/C21H29N5O3/c1-21(2,3)29-20(28)25-10-8-18(9-11-25)19(27)23-12-16-4-6-17(7-5-16)13-26-15-22-14-24-26/h4-7,14-15,18H,8-13H2,1-3H3,(H,23,27). The molecule has 1 fully saturated rings. The van der Waals surface area contributed by atoms with Crippen molar-refractivity contribution in [3.05, 3.63) is 48.0 Å². The quantitative estimate of drug-likeness (QED) is 0.835. The van der Waals surface area contributed by atoms with Gasteiger partial charge in [-0.3, -0.25) is 4.79 Å². The first-order valence-electron chi connectivity index (χ1n) is 9.96. The Labute approximate surface area is 171 Å². The number of benzene rings is 1. The maximum Gasteiger partial charge on any atom is 0.410 e. The van der Waals surface area contributed by atoms with Crippen molar-refractivity contribution in [2.45, 2.75) is 52.3 Å². The molecule has 29 heavy (non-hydrogen) atoms. The first-order valence-corrected chi connectivity index (χ1v) is 9.96. The van der Waals surface area contributed by atoms with E-state index in [0.29, 0.717) is 39.0 Å². The fourth-order valence-electron chi connectivity index (χ4n) is 3.25. The van der Waals surface area contributed by atoms with Crippen LogP contribution in [0.4, 0.5) is 4.79 Å². The first kappa shape index (κ1) is 20.8. The minimum absolute atomic E-state index is 0.0422. The van der Waals surface area contributed by atoms with Gasteiger partial charge in [0.05, 0.1) is 6.54 Å². The molecular formula is C21H29N5O3. The zero-order chi connectivity index (χ0) is 20.9. The molecule has 0 unspecified atom stereocenters. The SMILES string of the molecule is CC(C)(C)OC(=O)N1CCC(C(=O)NCc2ccc(Cn3cncn3)cc2)CC1. The van der Waals surface area contributed by atoms with Gasteiger partial charge in [0.1, 0.15) is 18.3 Å². The van der Waals surface area contributed by atoms with Gasteiger partial charge in [-0.25, -0.2) is 14.5 Å². The number of carbonyl (C=O) groups excluding carboxylic acids is 2. The van der Waals surface area contributed by atoms with Crippen molar-refractivity contribution in [1.82, 2.24) is 25.0 Å². The van der Waals surface area contributed by atoms with Gasteiger partial charge in [0.15, 0.2) is 0 Å². The predicted octanol–water partition coefficient (Wildman–Crippen LogP) is 2.59. The zero-order valence-corrected chi connectivity index (χ0v) is 17.3. The van der Waals surface area contributed by atoms with Crippen LogP contribution in [-0.2, 0) is 22.6 Å². The Bertz CT molecular complexity index is 804. The number of piperidine rings is 1. The molecule has 0 aliphatic carbocycles. The number of likely N-dealkylation sites (tertiary alicyclic amines) is 1. The number of aromatic nitrogens is 3. The summed E-state index contributed by atoms with van der Waals surface area (Å²) in [6.07, 6.45) is 4.20. The average molecular weight is 399 g/mol. The molecule has 2 heterocycles. The average Bonchev–Trinajstić information content (AvgIpc) is 3.19. The lowest BCUT2D eigenvalue weighted by Crippen LogP contribution is -2.44. The van der Waals surface area contributed by atoms with E-state index in [1.807, 2.05) is 45.0 Å². The fraction of sp³-hybridized carbons (Fsp3) is 0.524. The molecule has 156 valence electrons. The van der Waals surface area contributed by atoms with Crippen molar-refractivity contribution < 1.29 is 14.3 Å². The number of nitrogens with zero attached hydrogens (tertiary/aromatic N) is 4. The molecule has 1 aromatic heterocycles. The predicted molar refractivity (Wildman–Crippen MR) is 108 cm³/mol. The van der Waals surface area contributed by atoms with Crippen molar-refractivity contribution in [3.63, 3.8) is 0 Å². The van der Waals surface area contributed by atoms with Gasteiger partial charge in [-0.1, -0.05) is 24.3 Å². The second-order valence-electron chi connectivity index (χ2n) is 8.37. The van der Waals surface area contributed by atoms with Gasteiger partial charge in [0.2, 0.25) is 5.91 Å². The summed E-state index contributed by atoms with van der Waals surface area (Å²) in [6, 6.07) is 8.08. The van der Waals surface area contributed by atoms with Crippen LogP contribution in [0.5, 0.6) is 0 Å². The summed E-state index contributed by atoms with van der Waals surface area (Å²) >= 11 is 0. The summed E-state index contributed by atoms with van der Waals surface area (Å²) in [5.41, 5.74) is 1.67. The third-order valence-electron chi connectivity index (χ3n) is 4.82. The van der Waals surface area contributed by atoms with Gasteiger partial charge in [-0.2, -0.15) is 5.10 Å². The molecule has 3 rings (SSSR count). The van der Waals surface area contributed by atoms with Crippen LogP contribution in [0, 0.1) is 5.92 Å². The van der Waals surface area contributed by atoms with E-state index < -0.39 is 5.60 Å². The minimum atomic E-state index is -0.504. The Morgan fingerprint density at radius 3 is 2.38 bits per heavy atom. The highest BCUT2D eigenvalue weighted by Gasteiger charge is 2.29. The number of nitrogens with one attached hydrogen (secondary N) is 1. The summed E-state index contributed by atoms with van der Waals surface area (Å²) in [4.78, 5) is 30.2. The third-order valence-corrected chi connectivity index (χ3v) is 4.82. The fourth-order valence-corrected chi connectivity index (χ4v) is 3.25. The Balaban J connectivity index is 1.41. The summed E-state index contributed by atoms with van der Waals surface area (Å²) in [5.74, 6) is -0.0270. The van der Waals surface area contributed by atoms with E-state index >= 15 is 0 Å². The number of ether oxygens (including phenoxy) is 1. The van der Waals surface area contributed by atoms with Crippen molar-refractivity contribution in [1.29, 1.82) is 0 Å². The lowest BCUT2D eigenvalue weighted by molar-refractivity contribution is -0.126. The largest absolute Gasteiger partial charge is 0.444 e. The summed E-state index contributed by atoms with van der Waals surface area (Å²) in [5, 5.41) is 7.11. The molecule has 0 atom stereocenters. The number of carbonyl (C=O) groups is 2. The number of amides is 2. The van der Waals surface area contributed by atoms with E-state index in [1.54, 1.807) is 15.9 Å². The molecule has 0 radical (unpaired) electrons. The van der Waals surface area contributed by atoms with Gasteiger partial charge >= 0.3 is 6.09 Å². The van der Waals surface area contributed by atoms with Crippen LogP contribution >= 0.6 is 0 Å². The van der Waals surface area contributed by atoms with Crippen LogP contribution < -0.4 is 5.32 Å². The lowest BCUT2D eigenvalue weighted by Gasteiger charge is -2.32. The second-order valence-corrected chi connectivity index (χ2v) is 8.37. The van der Waals surface area contributed by atoms with Gasteiger partial charge in [-0.15, -0.1) is 0 Å². The van der Waals surface area contributed by atoms with Crippen molar-refractivity contribution >= 4 is 12.0 Å². The number of rotatable bonds is 5. The van der Waals surface area contributed by atoms with Crippen LogP contribution in [-0.4, -0.2) is 50.4 Å². The smallest absolute Gasteiger partial charge is 0.410 e. The molecule has 8 nitrogen and oxygen atoms in total. The summed E-state index contributed by atoms with van der Waals surface area (Å²) in [7, 11) is 0. The van der Waals surface area contributed by atoms with E-state index in [4.69, 9.17) is 4.74 Å². The summed E-state index contributed by atoms with van der Waals surface area (Å²) < 4.78 is 7.16. The van der Waals surface area contributed by atoms with E-state index in [9.17, 15) is 9.59 Å². The number of hydrogen-bond donors (Lipinski definition) is 1. The molecule has 1 aliphatic rings. The highest BCUT2D eigenvalue weighted by atomic mass is 16.6. The van der Waals surface area contributed by atoms with Crippen molar-refractivity contribution in [3.8, 4) is 0 Å². The number of hydrogen-bond acceptors (Lipinski definition) is 5. The molecule has 2 aromatic rings. The Morgan fingerprint density at radius 2 is 1.79 bits per heavy atom. The molecule has 8 heteroatoms. The lowest BCUT2D eigenvalue weighted by atomic mass is 9.96. The Kier molecular flexibility index (Phi) is 6.51. The van der Waals surface area contributed by atoms with Crippen molar-refractivity contribution in [2.75, 3.05) is 13.1 Å². The van der Waals surface area contributed by atoms with Crippen LogP contribution in [0.2, 0.25) is 0 Å². The second kappa shape index (κ2) is 9.07. The molecule has 1 N–H and O–H groups in total. The molecular weight excluding hydrogens is 370 g/mol. The maximum atomic E-state index is 12.5. The van der Waals surface area contributed by atoms with Gasteiger partial charge in [-0.05, 0) is 44.7 Å². The van der Waals surface area contributed by atoms with Crippen molar-refractivity contribution in [2.24, 2.45) is 5.92 Å². The summed E-state index contributed by atoms with van der Waals surface area (Å²) in [6.45, 7) is 7.82. The molecule has 0 saturated carbocycles. The monoisotopic (exact) mass is 399 g/mol. The highest BCUT2D eigenvalue weighted by molar-refractivity contribution is 5.79. The van der Waals surface area contributed by atoms with E-state index in [1.165, 1.54) is 6.33 Å². The van der Waals surface area contributed by atoms with E-state index in [-0.39, 0.29) is 17.9 Å². The van der Waals surface area contributed by atoms with E-state index in [0.717, 1.165) is 11.1 Å². The molecule has 0 bridgehead atoms. The van der Waals surface area contributed by atoms with Crippen LogP contribution in [0.15, 0.2) is 36.9 Å². The molecule has 1 aliphatic heterocycles. The first-order chi connectivity index (χ1) is 13.8. The highest BCUT2D eigenvalue weighted by Crippen LogP contribution is 2.20. The Morgan fingerprint density at radius 1 is 1.14 bits per heavy atom. The maximum absolute atomic E-state index is 12.5. The topological polar surface area (TPSA) is 89.4 Å². The third kappa shape index (κ3) is 6.30. The minimum Gasteiger partial charge on any atom is -0.444 e. The zero-order valence-electron chi connectivity index (χ0n) is 17.3.